The fourth-order valence-electron chi connectivity index (χ4n) is 2.76. The highest BCUT2D eigenvalue weighted by Gasteiger charge is 2.36. The Hall–Kier alpha value is -3.16. The number of halogens is 3. The smallest absolute Gasteiger partial charge is 0.331 e. The van der Waals surface area contributed by atoms with E-state index in [9.17, 15) is 22.8 Å². The maximum absolute atomic E-state index is 13.0. The maximum atomic E-state index is 13.0. The largest absolute Gasteiger partial charge is 0.418 e. The zero-order valence-electron chi connectivity index (χ0n) is 13.5. The van der Waals surface area contributed by atoms with Crippen LogP contribution in [0.25, 0.3) is 0 Å². The van der Waals surface area contributed by atoms with Crippen molar-refractivity contribution in [2.45, 2.75) is 19.3 Å². The van der Waals surface area contributed by atoms with Gasteiger partial charge < -0.3 is 10.2 Å². The summed E-state index contributed by atoms with van der Waals surface area (Å²) in [7, 11) is 0. The van der Waals surface area contributed by atoms with Gasteiger partial charge in [-0.15, -0.1) is 0 Å². The first-order valence-electron chi connectivity index (χ1n) is 7.66. The average molecular weight is 361 g/mol. The molecule has 2 heterocycles. The Morgan fingerprint density at radius 1 is 1.19 bits per heavy atom. The van der Waals surface area contributed by atoms with Crippen molar-refractivity contribution < 1.29 is 22.8 Å². The van der Waals surface area contributed by atoms with Gasteiger partial charge in [0.05, 0.1) is 5.56 Å². The van der Waals surface area contributed by atoms with Gasteiger partial charge in [-0.3, -0.25) is 14.6 Å². The van der Waals surface area contributed by atoms with Crippen molar-refractivity contribution in [3.63, 3.8) is 0 Å². The molecule has 0 aliphatic carbocycles. The zero-order chi connectivity index (χ0) is 18.9. The molecule has 1 aliphatic heterocycles. The standard InChI is InChI=1S/C18H14F3N3O2/c1-2-15(25)24-9-11-5-6-13(8-12(11)10-24)23-17(26)16-14(18(19,20)21)4-3-7-22-16/h2-8H,1,9-10H2,(H,23,26). The lowest BCUT2D eigenvalue weighted by molar-refractivity contribution is -0.138. The number of benzene rings is 1. The third-order valence-electron chi connectivity index (χ3n) is 4.00. The monoisotopic (exact) mass is 361 g/mol. The highest BCUT2D eigenvalue weighted by atomic mass is 19.4. The minimum absolute atomic E-state index is 0.213. The molecule has 2 aromatic rings. The first kappa shape index (κ1) is 17.7. The molecule has 0 radical (unpaired) electrons. The highest BCUT2D eigenvalue weighted by Crippen LogP contribution is 2.31. The molecular weight excluding hydrogens is 347 g/mol. The van der Waals surface area contributed by atoms with Crippen LogP contribution in [0, 0.1) is 0 Å². The van der Waals surface area contributed by atoms with Crippen LogP contribution in [0.5, 0.6) is 0 Å². The van der Waals surface area contributed by atoms with E-state index >= 15 is 0 Å². The number of carbonyl (C=O) groups excluding carboxylic acids is 2. The fourth-order valence-corrected chi connectivity index (χ4v) is 2.76. The van der Waals surface area contributed by atoms with Crippen LogP contribution >= 0.6 is 0 Å². The van der Waals surface area contributed by atoms with Gasteiger partial charge in [0.25, 0.3) is 5.91 Å². The van der Waals surface area contributed by atoms with E-state index in [-0.39, 0.29) is 5.91 Å². The van der Waals surface area contributed by atoms with Crippen LogP contribution in [0.1, 0.15) is 27.2 Å². The summed E-state index contributed by atoms with van der Waals surface area (Å²) in [4.78, 5) is 29.1. The van der Waals surface area contributed by atoms with Gasteiger partial charge in [0.1, 0.15) is 5.69 Å². The molecule has 3 rings (SSSR count). The van der Waals surface area contributed by atoms with Gasteiger partial charge in [0.15, 0.2) is 0 Å². The Kier molecular flexibility index (Phi) is 4.50. The Labute approximate surface area is 147 Å². The predicted molar refractivity (Wildman–Crippen MR) is 88.1 cm³/mol. The first-order chi connectivity index (χ1) is 12.3. The van der Waals surface area contributed by atoms with E-state index in [0.717, 1.165) is 29.5 Å². The summed E-state index contributed by atoms with van der Waals surface area (Å²) >= 11 is 0. The van der Waals surface area contributed by atoms with Crippen LogP contribution in [-0.2, 0) is 24.1 Å². The average Bonchev–Trinajstić information content (AvgIpc) is 3.03. The summed E-state index contributed by atoms with van der Waals surface area (Å²) in [5.74, 6) is -1.16. The van der Waals surface area contributed by atoms with E-state index < -0.39 is 23.3 Å². The van der Waals surface area contributed by atoms with Gasteiger partial charge in [-0.05, 0) is 41.5 Å². The second-order valence-electron chi connectivity index (χ2n) is 5.73. The van der Waals surface area contributed by atoms with Crippen molar-refractivity contribution in [3.8, 4) is 0 Å². The van der Waals surface area contributed by atoms with Crippen molar-refractivity contribution in [2.75, 3.05) is 5.32 Å². The maximum Gasteiger partial charge on any atom is 0.418 e. The van der Waals surface area contributed by atoms with Crippen LogP contribution in [0.4, 0.5) is 18.9 Å². The van der Waals surface area contributed by atoms with Crippen LogP contribution in [-0.4, -0.2) is 21.7 Å². The topological polar surface area (TPSA) is 62.3 Å². The van der Waals surface area contributed by atoms with E-state index in [2.05, 4.69) is 16.9 Å². The van der Waals surface area contributed by atoms with Gasteiger partial charge >= 0.3 is 6.18 Å². The molecule has 5 nitrogen and oxygen atoms in total. The van der Waals surface area contributed by atoms with E-state index in [0.29, 0.717) is 18.8 Å². The minimum atomic E-state index is -4.68. The number of rotatable bonds is 3. The molecule has 1 N–H and O–H groups in total. The summed E-state index contributed by atoms with van der Waals surface area (Å²) in [5.41, 5.74) is 0.271. The van der Waals surface area contributed by atoms with Crippen LogP contribution in [0.15, 0.2) is 49.2 Å². The lowest BCUT2D eigenvalue weighted by Gasteiger charge is -2.12. The van der Waals surface area contributed by atoms with Crippen molar-refractivity contribution in [1.29, 1.82) is 0 Å². The van der Waals surface area contributed by atoms with Crippen LogP contribution in [0.2, 0.25) is 0 Å². The number of hydrogen-bond acceptors (Lipinski definition) is 3. The van der Waals surface area contributed by atoms with Crippen LogP contribution in [0.3, 0.4) is 0 Å². The third-order valence-corrected chi connectivity index (χ3v) is 4.00. The molecule has 2 amide bonds. The van der Waals surface area contributed by atoms with Gasteiger partial charge in [0, 0.05) is 25.0 Å². The molecule has 0 unspecified atom stereocenters. The lowest BCUT2D eigenvalue weighted by Crippen LogP contribution is -2.22. The SMILES string of the molecule is C=CC(=O)N1Cc2ccc(NC(=O)c3ncccc3C(F)(F)F)cc2C1. The molecule has 0 saturated carbocycles. The number of nitrogens with zero attached hydrogens (tertiary/aromatic N) is 2. The normalized spacial score (nSPS) is 13.3. The van der Waals surface area contributed by atoms with Crippen molar-refractivity contribution in [1.82, 2.24) is 9.88 Å². The summed E-state index contributed by atoms with van der Waals surface area (Å²) < 4.78 is 39.0. The molecular formula is C18H14F3N3O2. The number of hydrogen-bond donors (Lipinski definition) is 1. The van der Waals surface area contributed by atoms with E-state index in [1.807, 2.05) is 0 Å². The molecule has 1 aliphatic rings. The van der Waals surface area contributed by atoms with E-state index in [4.69, 9.17) is 0 Å². The fraction of sp³-hybridized carbons (Fsp3) is 0.167. The molecule has 0 atom stereocenters. The molecule has 0 saturated heterocycles. The number of alkyl halides is 3. The lowest BCUT2D eigenvalue weighted by atomic mass is 10.1. The Morgan fingerprint density at radius 3 is 2.62 bits per heavy atom. The van der Waals surface area contributed by atoms with Crippen LogP contribution < -0.4 is 5.32 Å². The summed E-state index contributed by atoms with van der Waals surface area (Å²) in [6.45, 7) is 4.21. The second kappa shape index (κ2) is 6.62. The summed E-state index contributed by atoms with van der Waals surface area (Å²) in [5, 5.41) is 2.43. The molecule has 1 aromatic carbocycles. The minimum Gasteiger partial charge on any atom is -0.331 e. The highest BCUT2D eigenvalue weighted by molar-refractivity contribution is 6.04. The number of pyridine rings is 1. The predicted octanol–water partition coefficient (Wildman–Crippen LogP) is 3.38. The first-order valence-corrected chi connectivity index (χ1v) is 7.66. The Balaban J connectivity index is 1.81. The van der Waals surface area contributed by atoms with Crippen molar-refractivity contribution in [3.05, 3.63) is 71.6 Å². The number of nitrogens with one attached hydrogen (secondary N) is 1. The quantitative estimate of drug-likeness (QED) is 0.853. The van der Waals surface area contributed by atoms with Gasteiger partial charge in [-0.1, -0.05) is 12.6 Å². The second-order valence-corrected chi connectivity index (χ2v) is 5.73. The van der Waals surface area contributed by atoms with Gasteiger partial charge in [-0.25, -0.2) is 0 Å². The number of fused-ring (bicyclic) bond motifs is 1. The molecule has 0 bridgehead atoms. The number of anilines is 1. The van der Waals surface area contributed by atoms with E-state index in [1.54, 1.807) is 23.1 Å². The third kappa shape index (κ3) is 3.44. The van der Waals surface area contributed by atoms with Crippen molar-refractivity contribution >= 4 is 17.5 Å². The zero-order valence-corrected chi connectivity index (χ0v) is 13.5. The number of amides is 2. The summed E-state index contributed by atoms with van der Waals surface area (Å²) in [6, 6.07) is 6.88. The number of carbonyl (C=O) groups is 2. The van der Waals surface area contributed by atoms with Gasteiger partial charge in [0.2, 0.25) is 5.91 Å². The van der Waals surface area contributed by atoms with Crippen molar-refractivity contribution in [2.24, 2.45) is 0 Å². The molecule has 0 fully saturated rings. The number of aromatic nitrogens is 1. The summed E-state index contributed by atoms with van der Waals surface area (Å²) in [6.07, 6.45) is -2.33. The molecule has 26 heavy (non-hydrogen) atoms. The molecule has 1 aromatic heterocycles. The molecule has 0 spiro atoms. The molecule has 8 heteroatoms. The molecule has 134 valence electrons. The Morgan fingerprint density at radius 2 is 1.92 bits per heavy atom. The van der Waals surface area contributed by atoms with E-state index in [1.165, 1.54) is 6.08 Å². The Bertz CT molecular complexity index is 893. The van der Waals surface area contributed by atoms with Gasteiger partial charge in [-0.2, -0.15) is 13.2 Å².